The molecule has 1 aromatic heterocycles. The number of alkyl halides is 6. The maximum Gasteiger partial charge on any atom is 0.418 e. The Morgan fingerprint density at radius 1 is 1.07 bits per heavy atom. The Balaban J connectivity index is 2.09. The van der Waals surface area contributed by atoms with Gasteiger partial charge < -0.3 is 4.90 Å². The van der Waals surface area contributed by atoms with E-state index in [0.29, 0.717) is 0 Å². The first-order valence-corrected chi connectivity index (χ1v) is 9.04. The van der Waals surface area contributed by atoms with Crippen molar-refractivity contribution in [1.29, 1.82) is 0 Å². The van der Waals surface area contributed by atoms with Gasteiger partial charge in [-0.25, -0.2) is 5.43 Å². The molecule has 156 valence electrons. The van der Waals surface area contributed by atoms with E-state index in [1.54, 1.807) is 0 Å². The van der Waals surface area contributed by atoms with Crippen molar-refractivity contribution in [2.24, 2.45) is 0 Å². The summed E-state index contributed by atoms with van der Waals surface area (Å²) in [5, 5.41) is 0.775. The number of hydrazine groups is 1. The van der Waals surface area contributed by atoms with Gasteiger partial charge >= 0.3 is 12.4 Å². The number of anilines is 1. The monoisotopic (exact) mass is 435 g/mol. The molecule has 0 aliphatic carbocycles. The van der Waals surface area contributed by atoms with E-state index in [-0.39, 0.29) is 21.4 Å². The van der Waals surface area contributed by atoms with Crippen LogP contribution in [-0.2, 0) is 6.18 Å². The second-order valence-corrected chi connectivity index (χ2v) is 7.50. The van der Waals surface area contributed by atoms with Gasteiger partial charge in [0.1, 0.15) is 6.04 Å². The van der Waals surface area contributed by atoms with E-state index < -0.39 is 29.6 Å². The van der Waals surface area contributed by atoms with Crippen LogP contribution in [0.5, 0.6) is 0 Å². The van der Waals surface area contributed by atoms with Crippen molar-refractivity contribution in [2.75, 3.05) is 19.1 Å². The number of thiophene rings is 1. The molecule has 29 heavy (non-hydrogen) atoms. The molecule has 1 atom stereocenters. The highest BCUT2D eigenvalue weighted by molar-refractivity contribution is 7.15. The number of benzene rings is 1. The molecule has 0 saturated carbocycles. The smallest absolute Gasteiger partial charge is 0.344 e. The maximum absolute atomic E-state index is 13.4. The summed E-state index contributed by atoms with van der Waals surface area (Å²) in [4.78, 5) is 13.9. The number of carbonyl (C=O) groups is 1. The molecule has 2 heterocycles. The fourth-order valence-electron chi connectivity index (χ4n) is 2.76. The molecule has 11 heteroatoms. The van der Waals surface area contributed by atoms with E-state index in [1.807, 2.05) is 0 Å². The first kappa shape index (κ1) is 21.2. The van der Waals surface area contributed by atoms with E-state index in [1.165, 1.54) is 37.2 Å². The number of nitrogens with zero attached hydrogens (tertiary/aromatic N) is 2. The Hall–Kier alpha value is -2.53. The molecule has 0 spiro atoms. The predicted octanol–water partition coefficient (Wildman–Crippen LogP) is 4.77. The molecule has 0 saturated heterocycles. The third-order valence-corrected chi connectivity index (χ3v) is 5.21. The van der Waals surface area contributed by atoms with Gasteiger partial charge in [0.15, 0.2) is 0 Å². The van der Waals surface area contributed by atoms with Gasteiger partial charge in [0.05, 0.1) is 26.7 Å². The molecule has 4 nitrogen and oxygen atoms in total. The van der Waals surface area contributed by atoms with Gasteiger partial charge in [0.25, 0.3) is 5.91 Å². The van der Waals surface area contributed by atoms with Gasteiger partial charge in [0, 0.05) is 14.1 Å². The van der Waals surface area contributed by atoms with Crippen LogP contribution in [0.2, 0.25) is 0 Å². The molecule has 0 fully saturated rings. The maximum atomic E-state index is 13.4. The van der Waals surface area contributed by atoms with E-state index in [9.17, 15) is 31.1 Å². The van der Waals surface area contributed by atoms with E-state index in [2.05, 4.69) is 5.43 Å². The zero-order chi connectivity index (χ0) is 21.6. The lowest BCUT2D eigenvalue weighted by Crippen LogP contribution is -2.45. The molecule has 0 bridgehead atoms. The minimum Gasteiger partial charge on any atom is -0.344 e. The van der Waals surface area contributed by atoms with Gasteiger partial charge in [-0.1, -0.05) is 12.1 Å². The fraction of sp³-hybridized carbons (Fsp3) is 0.278. The minimum atomic E-state index is -4.76. The standard InChI is InChI=1S/C18H15F6N3OS/c1-26(2)16(28)14-8-7-13(29-14)12-9-15(18(22,23)24)25-27(12)11-6-4-3-5-10(11)17(19,20)21/h3-9,15,25H,1-2H3. The number of halogens is 6. The lowest BCUT2D eigenvalue weighted by molar-refractivity contribution is -0.143. The lowest BCUT2D eigenvalue weighted by atomic mass is 10.1. The van der Waals surface area contributed by atoms with Gasteiger partial charge in [0.2, 0.25) is 0 Å². The van der Waals surface area contributed by atoms with Crippen molar-refractivity contribution in [2.45, 2.75) is 18.4 Å². The predicted molar refractivity (Wildman–Crippen MR) is 97.2 cm³/mol. The summed E-state index contributed by atoms with van der Waals surface area (Å²) in [6.07, 6.45) is -8.67. The van der Waals surface area contributed by atoms with Crippen molar-refractivity contribution in [3.63, 3.8) is 0 Å². The van der Waals surface area contributed by atoms with Crippen LogP contribution in [0.1, 0.15) is 20.1 Å². The SMILES string of the molecule is CN(C)C(=O)c1ccc(C2=CC(C(F)(F)F)NN2c2ccccc2C(F)(F)F)s1. The highest BCUT2D eigenvalue weighted by Crippen LogP contribution is 2.42. The van der Waals surface area contributed by atoms with Crippen molar-refractivity contribution in [1.82, 2.24) is 10.3 Å². The largest absolute Gasteiger partial charge is 0.418 e. The average molecular weight is 435 g/mol. The second-order valence-electron chi connectivity index (χ2n) is 6.41. The van der Waals surface area contributed by atoms with E-state index in [0.717, 1.165) is 40.6 Å². The molecule has 2 aromatic rings. The summed E-state index contributed by atoms with van der Waals surface area (Å²) in [5.74, 6) is -0.359. The number of para-hydroxylation sites is 1. The molecular weight excluding hydrogens is 420 g/mol. The summed E-state index contributed by atoms with van der Waals surface area (Å²) >= 11 is 0.901. The number of amides is 1. The summed E-state index contributed by atoms with van der Waals surface area (Å²) < 4.78 is 80.2. The van der Waals surface area contributed by atoms with Crippen LogP contribution in [0.15, 0.2) is 42.5 Å². The summed E-state index contributed by atoms with van der Waals surface area (Å²) in [6.45, 7) is 0. The van der Waals surface area contributed by atoms with Crippen LogP contribution in [0.4, 0.5) is 32.0 Å². The van der Waals surface area contributed by atoms with Gasteiger partial charge in [-0.3, -0.25) is 9.80 Å². The zero-order valence-corrected chi connectivity index (χ0v) is 15.9. The Kier molecular flexibility index (Phi) is 5.39. The first-order chi connectivity index (χ1) is 13.4. The molecule has 1 aliphatic heterocycles. The first-order valence-electron chi connectivity index (χ1n) is 8.22. The molecule has 1 amide bonds. The second kappa shape index (κ2) is 7.38. The van der Waals surface area contributed by atoms with E-state index in [4.69, 9.17) is 0 Å². The zero-order valence-electron chi connectivity index (χ0n) is 15.1. The number of nitrogens with one attached hydrogen (secondary N) is 1. The number of hydrogen-bond acceptors (Lipinski definition) is 4. The van der Waals surface area contributed by atoms with Crippen LogP contribution in [0, 0.1) is 0 Å². The Morgan fingerprint density at radius 2 is 1.72 bits per heavy atom. The van der Waals surface area contributed by atoms with Crippen LogP contribution >= 0.6 is 11.3 Å². The van der Waals surface area contributed by atoms with Crippen LogP contribution in [-0.4, -0.2) is 37.1 Å². The van der Waals surface area contributed by atoms with Gasteiger partial charge in [-0.15, -0.1) is 11.3 Å². The summed E-state index contributed by atoms with van der Waals surface area (Å²) in [7, 11) is 3.04. The van der Waals surface area contributed by atoms with Crippen molar-refractivity contribution in [3.05, 3.63) is 57.8 Å². The average Bonchev–Trinajstić information content (AvgIpc) is 3.26. The third-order valence-electron chi connectivity index (χ3n) is 4.11. The molecule has 1 N–H and O–H groups in total. The minimum absolute atomic E-state index is 0.105. The topological polar surface area (TPSA) is 35.6 Å². The van der Waals surface area contributed by atoms with Crippen LogP contribution in [0.3, 0.4) is 0 Å². The molecular formula is C18H15F6N3OS. The molecule has 3 rings (SSSR count). The van der Waals surface area contributed by atoms with Gasteiger partial charge in [-0.2, -0.15) is 26.3 Å². The molecule has 1 aliphatic rings. The van der Waals surface area contributed by atoms with Crippen LogP contribution < -0.4 is 10.4 Å². The Morgan fingerprint density at radius 3 is 2.31 bits per heavy atom. The van der Waals surface area contributed by atoms with Crippen molar-refractivity contribution >= 4 is 28.6 Å². The summed E-state index contributed by atoms with van der Waals surface area (Å²) in [6, 6.07) is 5.02. The van der Waals surface area contributed by atoms with Gasteiger partial charge in [-0.05, 0) is 30.3 Å². The lowest BCUT2D eigenvalue weighted by Gasteiger charge is -2.27. The number of carbonyl (C=O) groups excluding carboxylic acids is 1. The molecule has 0 radical (unpaired) electrons. The molecule has 1 unspecified atom stereocenters. The van der Waals surface area contributed by atoms with Crippen LogP contribution in [0.25, 0.3) is 5.70 Å². The molecule has 1 aromatic carbocycles. The number of rotatable bonds is 3. The van der Waals surface area contributed by atoms with Crippen molar-refractivity contribution < 1.29 is 31.1 Å². The highest BCUT2D eigenvalue weighted by atomic mass is 32.1. The number of hydrogen-bond donors (Lipinski definition) is 1. The normalized spacial score (nSPS) is 17.4. The summed E-state index contributed by atoms with van der Waals surface area (Å²) in [5.41, 5.74) is 0.445. The van der Waals surface area contributed by atoms with Crippen molar-refractivity contribution in [3.8, 4) is 0 Å². The Bertz CT molecular complexity index is 948. The highest BCUT2D eigenvalue weighted by Gasteiger charge is 2.45. The van der Waals surface area contributed by atoms with E-state index >= 15 is 0 Å². The third kappa shape index (κ3) is 4.25. The fourth-order valence-corrected chi connectivity index (χ4v) is 3.80. The quantitative estimate of drug-likeness (QED) is 0.706. The Labute approximate surface area is 166 Å².